The standard InChI is InChI=1S/C23H19N3O5S2/c1-31-23(28)17-7-5-6-15(12-17)13-19(16-10-11-20-21(14-16)25-32-24-20)22(27)26-33(29,30)18-8-3-2-4-9-18/h2-12,14,19H,13H2,1H3,(H,26,27). The van der Waals surface area contributed by atoms with Crippen molar-refractivity contribution >= 4 is 44.7 Å². The van der Waals surface area contributed by atoms with Crippen LogP contribution in [0.15, 0.2) is 77.7 Å². The summed E-state index contributed by atoms with van der Waals surface area (Å²) in [7, 11) is -2.77. The maximum Gasteiger partial charge on any atom is 0.337 e. The first-order valence-electron chi connectivity index (χ1n) is 9.88. The molecule has 0 aliphatic heterocycles. The van der Waals surface area contributed by atoms with Gasteiger partial charge in [-0.05, 0) is 53.9 Å². The molecule has 33 heavy (non-hydrogen) atoms. The first kappa shape index (κ1) is 22.6. The highest BCUT2D eigenvalue weighted by Crippen LogP contribution is 2.26. The second kappa shape index (κ2) is 9.47. The van der Waals surface area contributed by atoms with Gasteiger partial charge in [-0.2, -0.15) is 8.75 Å². The lowest BCUT2D eigenvalue weighted by Gasteiger charge is -2.18. The van der Waals surface area contributed by atoms with Gasteiger partial charge in [0.25, 0.3) is 10.0 Å². The number of nitrogens with one attached hydrogen (secondary N) is 1. The van der Waals surface area contributed by atoms with Gasteiger partial charge in [0.15, 0.2) is 0 Å². The van der Waals surface area contributed by atoms with Crippen LogP contribution in [0.5, 0.6) is 0 Å². The van der Waals surface area contributed by atoms with Crippen LogP contribution in [0.1, 0.15) is 27.4 Å². The van der Waals surface area contributed by atoms with E-state index in [1.54, 1.807) is 60.7 Å². The fraction of sp³-hybridized carbons (Fsp3) is 0.130. The lowest BCUT2D eigenvalue weighted by molar-refractivity contribution is -0.120. The summed E-state index contributed by atoms with van der Waals surface area (Å²) in [5.41, 5.74) is 2.90. The molecule has 0 fully saturated rings. The van der Waals surface area contributed by atoms with Crippen LogP contribution in [0.25, 0.3) is 11.0 Å². The minimum Gasteiger partial charge on any atom is -0.465 e. The number of amides is 1. The monoisotopic (exact) mass is 481 g/mol. The van der Waals surface area contributed by atoms with Gasteiger partial charge in [0.2, 0.25) is 5.91 Å². The lowest BCUT2D eigenvalue weighted by atomic mass is 9.90. The summed E-state index contributed by atoms with van der Waals surface area (Å²) in [6, 6.07) is 19.6. The molecule has 8 nitrogen and oxygen atoms in total. The van der Waals surface area contributed by atoms with Crippen LogP contribution in [0, 0.1) is 0 Å². The predicted octanol–water partition coefficient (Wildman–Crippen LogP) is 3.31. The number of sulfonamides is 1. The van der Waals surface area contributed by atoms with Crippen LogP contribution < -0.4 is 4.72 Å². The molecule has 0 spiro atoms. The Kier molecular flexibility index (Phi) is 6.47. The van der Waals surface area contributed by atoms with Crippen molar-refractivity contribution in [1.82, 2.24) is 13.5 Å². The molecule has 1 heterocycles. The normalized spacial score (nSPS) is 12.3. The van der Waals surface area contributed by atoms with Crippen LogP contribution in [0.2, 0.25) is 0 Å². The van der Waals surface area contributed by atoms with Gasteiger partial charge in [-0.1, -0.05) is 36.4 Å². The Bertz CT molecular complexity index is 1420. The van der Waals surface area contributed by atoms with Crippen LogP contribution >= 0.6 is 11.7 Å². The predicted molar refractivity (Wildman–Crippen MR) is 123 cm³/mol. The van der Waals surface area contributed by atoms with Crippen molar-refractivity contribution in [2.24, 2.45) is 0 Å². The van der Waals surface area contributed by atoms with E-state index in [4.69, 9.17) is 4.74 Å². The van der Waals surface area contributed by atoms with Gasteiger partial charge in [0.1, 0.15) is 11.0 Å². The minimum absolute atomic E-state index is 0.0102. The zero-order chi connectivity index (χ0) is 23.4. The van der Waals surface area contributed by atoms with Gasteiger partial charge in [0.05, 0.1) is 35.2 Å². The molecule has 1 N–H and O–H groups in total. The number of nitrogens with zero attached hydrogens (tertiary/aromatic N) is 2. The van der Waals surface area contributed by atoms with Crippen molar-refractivity contribution in [2.75, 3.05) is 7.11 Å². The van der Waals surface area contributed by atoms with Crippen molar-refractivity contribution in [2.45, 2.75) is 17.2 Å². The molecule has 4 rings (SSSR count). The van der Waals surface area contributed by atoms with Crippen molar-refractivity contribution in [1.29, 1.82) is 0 Å². The Morgan fingerprint density at radius 1 is 0.970 bits per heavy atom. The third-order valence-electron chi connectivity index (χ3n) is 5.07. The maximum absolute atomic E-state index is 13.3. The minimum atomic E-state index is -4.06. The van der Waals surface area contributed by atoms with E-state index >= 15 is 0 Å². The van der Waals surface area contributed by atoms with E-state index in [0.717, 1.165) is 11.7 Å². The third kappa shape index (κ3) is 5.07. The fourth-order valence-electron chi connectivity index (χ4n) is 3.42. The number of hydrogen-bond donors (Lipinski definition) is 1. The molecule has 10 heteroatoms. The molecule has 0 radical (unpaired) electrons. The molecule has 1 atom stereocenters. The second-order valence-electron chi connectivity index (χ2n) is 7.24. The number of methoxy groups -OCH3 is 1. The SMILES string of the molecule is COC(=O)c1cccc(CC(C(=O)NS(=O)(=O)c2ccccc2)c2ccc3nsnc3c2)c1. The summed E-state index contributed by atoms with van der Waals surface area (Å²) in [4.78, 5) is 25.2. The quantitative estimate of drug-likeness (QED) is 0.403. The number of fused-ring (bicyclic) bond motifs is 1. The van der Waals surface area contributed by atoms with Crippen molar-refractivity contribution in [3.05, 3.63) is 89.5 Å². The zero-order valence-electron chi connectivity index (χ0n) is 17.5. The van der Waals surface area contributed by atoms with Crippen LogP contribution in [0.3, 0.4) is 0 Å². The summed E-state index contributed by atoms with van der Waals surface area (Å²) in [5.74, 6) is -2.05. The smallest absolute Gasteiger partial charge is 0.337 e. The second-order valence-corrected chi connectivity index (χ2v) is 9.45. The molecule has 1 aromatic heterocycles. The van der Waals surface area contributed by atoms with Gasteiger partial charge >= 0.3 is 5.97 Å². The van der Waals surface area contributed by atoms with Crippen molar-refractivity contribution < 1.29 is 22.7 Å². The first-order chi connectivity index (χ1) is 15.9. The van der Waals surface area contributed by atoms with Crippen molar-refractivity contribution in [3.63, 3.8) is 0 Å². The largest absolute Gasteiger partial charge is 0.465 e. The Balaban J connectivity index is 1.69. The molecule has 168 valence electrons. The Hall–Kier alpha value is -3.63. The van der Waals surface area contributed by atoms with E-state index in [-0.39, 0.29) is 11.3 Å². The van der Waals surface area contributed by atoms with E-state index in [1.165, 1.54) is 19.2 Å². The van der Waals surface area contributed by atoms with Crippen LogP contribution in [-0.4, -0.2) is 36.2 Å². The van der Waals surface area contributed by atoms with E-state index in [0.29, 0.717) is 27.7 Å². The molecule has 3 aromatic carbocycles. The summed E-state index contributed by atoms with van der Waals surface area (Å²) in [5, 5.41) is 0. The number of aromatic nitrogens is 2. The average Bonchev–Trinajstić information content (AvgIpc) is 3.30. The zero-order valence-corrected chi connectivity index (χ0v) is 19.1. The fourth-order valence-corrected chi connectivity index (χ4v) is 4.98. The molecule has 0 aliphatic rings. The molecule has 1 amide bonds. The topological polar surface area (TPSA) is 115 Å². The number of carbonyl (C=O) groups excluding carboxylic acids is 2. The number of benzene rings is 3. The maximum atomic E-state index is 13.3. The molecule has 1 unspecified atom stereocenters. The van der Waals surface area contributed by atoms with Crippen LogP contribution in [-0.2, 0) is 26.0 Å². The summed E-state index contributed by atoms with van der Waals surface area (Å²) < 4.78 is 40.9. The van der Waals surface area contributed by atoms with Gasteiger partial charge < -0.3 is 4.74 Å². The van der Waals surface area contributed by atoms with Crippen LogP contribution in [0.4, 0.5) is 0 Å². The number of rotatable bonds is 7. The highest BCUT2D eigenvalue weighted by atomic mass is 32.2. The summed E-state index contributed by atoms with van der Waals surface area (Å²) in [6.07, 6.45) is 0.157. The first-order valence-corrected chi connectivity index (χ1v) is 12.1. The van der Waals surface area contributed by atoms with E-state index in [2.05, 4.69) is 13.5 Å². The van der Waals surface area contributed by atoms with Gasteiger partial charge in [0, 0.05) is 0 Å². The number of esters is 1. The van der Waals surface area contributed by atoms with E-state index in [9.17, 15) is 18.0 Å². The molecule has 0 saturated carbocycles. The van der Waals surface area contributed by atoms with Crippen molar-refractivity contribution in [3.8, 4) is 0 Å². The lowest BCUT2D eigenvalue weighted by Crippen LogP contribution is -2.35. The summed E-state index contributed by atoms with van der Waals surface area (Å²) in [6.45, 7) is 0. The van der Waals surface area contributed by atoms with E-state index in [1.807, 2.05) is 0 Å². The molecule has 0 bridgehead atoms. The summed E-state index contributed by atoms with van der Waals surface area (Å²) >= 11 is 1.05. The average molecular weight is 482 g/mol. The molecule has 4 aromatic rings. The van der Waals surface area contributed by atoms with E-state index < -0.39 is 27.8 Å². The Labute approximate surface area is 194 Å². The Morgan fingerprint density at radius 3 is 2.48 bits per heavy atom. The third-order valence-corrected chi connectivity index (χ3v) is 6.99. The highest BCUT2D eigenvalue weighted by Gasteiger charge is 2.27. The van der Waals surface area contributed by atoms with Gasteiger partial charge in [-0.3, -0.25) is 4.79 Å². The number of hydrogen-bond acceptors (Lipinski definition) is 8. The molecule has 0 saturated heterocycles. The number of carbonyl (C=O) groups is 2. The van der Waals surface area contributed by atoms with Gasteiger partial charge in [-0.15, -0.1) is 0 Å². The number of ether oxygens (including phenoxy) is 1. The molecular weight excluding hydrogens is 462 g/mol. The highest BCUT2D eigenvalue weighted by molar-refractivity contribution is 7.90. The molecular formula is C23H19N3O5S2. The van der Waals surface area contributed by atoms with Gasteiger partial charge in [-0.25, -0.2) is 17.9 Å². The molecule has 0 aliphatic carbocycles. The Morgan fingerprint density at radius 2 is 1.73 bits per heavy atom.